The van der Waals surface area contributed by atoms with Gasteiger partial charge in [-0.1, -0.05) is 11.6 Å². The molecule has 0 bridgehead atoms. The first-order chi connectivity index (χ1) is 9.66. The Morgan fingerprint density at radius 1 is 1.40 bits per heavy atom. The zero-order valence-corrected chi connectivity index (χ0v) is 11.2. The molecule has 6 heteroatoms. The summed E-state index contributed by atoms with van der Waals surface area (Å²) in [6.07, 6.45) is 3.46. The summed E-state index contributed by atoms with van der Waals surface area (Å²) >= 11 is 5.85. The molecule has 0 unspecified atom stereocenters. The molecule has 0 atom stereocenters. The Balaban J connectivity index is 1.97. The predicted octanol–water partition coefficient (Wildman–Crippen LogP) is 1.90. The third-order valence-electron chi connectivity index (χ3n) is 3.11. The summed E-state index contributed by atoms with van der Waals surface area (Å²) in [5, 5.41) is 9.57. The number of carbonyl (C=O) groups is 1. The van der Waals surface area contributed by atoms with Crippen molar-refractivity contribution in [1.82, 2.24) is 0 Å². The van der Waals surface area contributed by atoms with Crippen LogP contribution >= 0.6 is 11.6 Å². The number of phenols is 1. The second-order valence-electron chi connectivity index (χ2n) is 4.37. The molecule has 1 aromatic carbocycles. The average molecular weight is 292 g/mol. The minimum absolute atomic E-state index is 0.0427. The van der Waals surface area contributed by atoms with Gasteiger partial charge >= 0.3 is 0 Å². The van der Waals surface area contributed by atoms with Gasteiger partial charge in [0, 0.05) is 11.6 Å². The van der Waals surface area contributed by atoms with E-state index >= 15 is 0 Å². The standard InChI is InChI=1S/C14H11ClN2O3/c15-10-7-9(1-2-12(10)18)14(19)17-5-6-20-13-3-4-16-8-11(13)17/h1-4,7-8,18H,5-6H2/p+1. The van der Waals surface area contributed by atoms with Gasteiger partial charge in [0.15, 0.2) is 23.8 Å². The predicted molar refractivity (Wildman–Crippen MR) is 73.3 cm³/mol. The highest BCUT2D eigenvalue weighted by Gasteiger charge is 2.26. The number of aromatic hydroxyl groups is 1. The fraction of sp³-hybridized carbons (Fsp3) is 0.143. The van der Waals surface area contributed by atoms with E-state index in [9.17, 15) is 9.90 Å². The van der Waals surface area contributed by atoms with Gasteiger partial charge in [-0.2, -0.15) is 0 Å². The van der Waals surface area contributed by atoms with Crippen molar-refractivity contribution in [2.24, 2.45) is 0 Å². The Labute approximate surface area is 120 Å². The second-order valence-corrected chi connectivity index (χ2v) is 4.77. The normalized spacial score (nSPS) is 13.6. The Bertz CT molecular complexity index is 675. The van der Waals surface area contributed by atoms with Crippen LogP contribution in [0, 0.1) is 0 Å². The minimum atomic E-state index is -0.184. The van der Waals surface area contributed by atoms with Crippen LogP contribution in [-0.4, -0.2) is 24.2 Å². The van der Waals surface area contributed by atoms with Gasteiger partial charge in [0.25, 0.3) is 5.91 Å². The number of halogens is 1. The fourth-order valence-corrected chi connectivity index (χ4v) is 2.29. The van der Waals surface area contributed by atoms with Crippen molar-refractivity contribution in [3.8, 4) is 11.5 Å². The highest BCUT2D eigenvalue weighted by Crippen LogP contribution is 2.31. The molecule has 3 rings (SSSR count). The van der Waals surface area contributed by atoms with E-state index < -0.39 is 0 Å². The van der Waals surface area contributed by atoms with Gasteiger partial charge in [-0.25, -0.2) is 4.98 Å². The molecular formula is C14H12ClN2O3+. The first-order valence-electron chi connectivity index (χ1n) is 6.10. The zero-order chi connectivity index (χ0) is 14.1. The van der Waals surface area contributed by atoms with Crippen LogP contribution in [0.3, 0.4) is 0 Å². The minimum Gasteiger partial charge on any atom is -0.506 e. The SMILES string of the molecule is O=C(c1ccc(O)c(Cl)c1)N1CCOc2cc[nH+]cc21. The third-order valence-corrected chi connectivity index (χ3v) is 3.41. The molecule has 1 aliphatic rings. The molecule has 2 heterocycles. The largest absolute Gasteiger partial charge is 0.506 e. The van der Waals surface area contributed by atoms with E-state index in [1.165, 1.54) is 12.1 Å². The van der Waals surface area contributed by atoms with Crippen LogP contribution in [0.2, 0.25) is 5.02 Å². The smallest absolute Gasteiger partial charge is 0.258 e. The van der Waals surface area contributed by atoms with E-state index in [4.69, 9.17) is 16.3 Å². The number of pyridine rings is 1. The maximum atomic E-state index is 12.5. The molecule has 1 amide bonds. The van der Waals surface area contributed by atoms with E-state index in [1.54, 1.807) is 29.4 Å². The van der Waals surface area contributed by atoms with Gasteiger partial charge in [0.2, 0.25) is 0 Å². The lowest BCUT2D eigenvalue weighted by atomic mass is 10.1. The van der Waals surface area contributed by atoms with Crippen molar-refractivity contribution in [2.45, 2.75) is 0 Å². The number of ether oxygens (including phenoxy) is 1. The molecule has 2 aromatic rings. The molecule has 0 fully saturated rings. The van der Waals surface area contributed by atoms with Crippen molar-refractivity contribution in [3.63, 3.8) is 0 Å². The molecule has 1 aliphatic heterocycles. The first-order valence-corrected chi connectivity index (χ1v) is 6.48. The lowest BCUT2D eigenvalue weighted by Gasteiger charge is -2.27. The molecule has 0 aliphatic carbocycles. The lowest BCUT2D eigenvalue weighted by Crippen LogP contribution is -2.38. The van der Waals surface area contributed by atoms with E-state index in [0.717, 1.165) is 0 Å². The Morgan fingerprint density at radius 3 is 3.05 bits per heavy atom. The van der Waals surface area contributed by atoms with Crippen molar-refractivity contribution in [3.05, 3.63) is 47.2 Å². The molecule has 102 valence electrons. The van der Waals surface area contributed by atoms with Crippen LogP contribution in [0.15, 0.2) is 36.7 Å². The van der Waals surface area contributed by atoms with Crippen molar-refractivity contribution in [1.29, 1.82) is 0 Å². The van der Waals surface area contributed by atoms with Gasteiger partial charge < -0.3 is 9.84 Å². The fourth-order valence-electron chi connectivity index (χ4n) is 2.11. The van der Waals surface area contributed by atoms with Crippen LogP contribution in [0.4, 0.5) is 5.69 Å². The maximum Gasteiger partial charge on any atom is 0.258 e. The summed E-state index contributed by atoms with van der Waals surface area (Å²) in [5.74, 6) is 0.434. The van der Waals surface area contributed by atoms with Crippen LogP contribution in [-0.2, 0) is 0 Å². The topological polar surface area (TPSA) is 63.9 Å². The van der Waals surface area contributed by atoms with Gasteiger partial charge in [0.05, 0.1) is 11.6 Å². The van der Waals surface area contributed by atoms with E-state index in [-0.39, 0.29) is 16.7 Å². The van der Waals surface area contributed by atoms with Crippen molar-refractivity contribution >= 4 is 23.2 Å². The number of fused-ring (bicyclic) bond motifs is 1. The van der Waals surface area contributed by atoms with Gasteiger partial charge in [0.1, 0.15) is 12.4 Å². The summed E-state index contributed by atoms with van der Waals surface area (Å²) < 4.78 is 5.50. The summed E-state index contributed by atoms with van der Waals surface area (Å²) in [4.78, 5) is 17.1. The monoisotopic (exact) mass is 291 g/mol. The molecule has 0 saturated heterocycles. The van der Waals surface area contributed by atoms with E-state index in [0.29, 0.717) is 30.2 Å². The number of benzene rings is 1. The highest BCUT2D eigenvalue weighted by molar-refractivity contribution is 6.32. The molecule has 20 heavy (non-hydrogen) atoms. The molecular weight excluding hydrogens is 280 g/mol. The number of hydrogen-bond donors (Lipinski definition) is 1. The molecule has 5 nitrogen and oxygen atoms in total. The maximum absolute atomic E-state index is 12.5. The number of amides is 1. The van der Waals surface area contributed by atoms with Crippen LogP contribution < -0.4 is 14.6 Å². The third kappa shape index (κ3) is 2.16. The number of nitrogens with zero attached hydrogens (tertiary/aromatic N) is 1. The second kappa shape index (κ2) is 5.02. The van der Waals surface area contributed by atoms with E-state index in [2.05, 4.69) is 4.98 Å². The van der Waals surface area contributed by atoms with Gasteiger partial charge in [-0.3, -0.25) is 9.69 Å². The van der Waals surface area contributed by atoms with Crippen LogP contribution in [0.1, 0.15) is 10.4 Å². The van der Waals surface area contributed by atoms with Crippen LogP contribution in [0.5, 0.6) is 11.5 Å². The van der Waals surface area contributed by atoms with Crippen molar-refractivity contribution in [2.75, 3.05) is 18.1 Å². The van der Waals surface area contributed by atoms with Gasteiger partial charge in [-0.15, -0.1) is 0 Å². The number of aromatic amines is 1. The van der Waals surface area contributed by atoms with Gasteiger partial charge in [-0.05, 0) is 18.2 Å². The molecule has 0 radical (unpaired) electrons. The number of hydrogen-bond acceptors (Lipinski definition) is 3. The summed E-state index contributed by atoms with van der Waals surface area (Å²) in [6.45, 7) is 0.900. The average Bonchev–Trinajstić information content (AvgIpc) is 2.49. The molecule has 0 saturated carbocycles. The number of nitrogens with one attached hydrogen (secondary N) is 1. The zero-order valence-electron chi connectivity index (χ0n) is 10.5. The number of aromatic nitrogens is 1. The lowest BCUT2D eigenvalue weighted by molar-refractivity contribution is -0.377. The Kier molecular flexibility index (Phi) is 3.20. The number of phenolic OH excluding ortho intramolecular Hbond substituents is 1. The molecule has 1 aromatic heterocycles. The van der Waals surface area contributed by atoms with E-state index in [1.807, 2.05) is 0 Å². The first kappa shape index (κ1) is 12.7. The van der Waals surface area contributed by atoms with Crippen LogP contribution in [0.25, 0.3) is 0 Å². The summed E-state index contributed by atoms with van der Waals surface area (Å²) in [6, 6.07) is 6.19. The summed E-state index contributed by atoms with van der Waals surface area (Å²) in [5.41, 5.74) is 1.11. The quantitative estimate of drug-likeness (QED) is 0.873. The number of rotatable bonds is 1. The molecule has 0 spiro atoms. The summed E-state index contributed by atoms with van der Waals surface area (Å²) in [7, 11) is 0. The molecule has 2 N–H and O–H groups in total. The Hall–Kier alpha value is -2.27. The number of anilines is 1. The number of carbonyl (C=O) groups excluding carboxylic acids is 1. The Morgan fingerprint density at radius 2 is 2.25 bits per heavy atom. The van der Waals surface area contributed by atoms with Crippen molar-refractivity contribution < 1.29 is 19.6 Å². The highest BCUT2D eigenvalue weighted by atomic mass is 35.5. The number of H-pyrrole nitrogens is 1.